The van der Waals surface area contributed by atoms with Gasteiger partial charge >= 0.3 is 0 Å². The fraction of sp³-hybridized carbons (Fsp3) is 0. The van der Waals surface area contributed by atoms with Crippen LogP contribution in [0.5, 0.6) is 0 Å². The van der Waals surface area contributed by atoms with E-state index in [0.29, 0.717) is 6.07 Å². The quantitative estimate of drug-likeness (QED) is 0.657. The summed E-state index contributed by atoms with van der Waals surface area (Å²) < 4.78 is 94.8. The molecular weight excluding hydrogens is 360 g/mol. The van der Waals surface area contributed by atoms with E-state index in [2.05, 4.69) is 0 Å². The Morgan fingerprint density at radius 3 is 1.68 bits per heavy atom. The molecule has 0 spiro atoms. The summed E-state index contributed by atoms with van der Waals surface area (Å²) in [4.78, 5) is -3.01. The van der Waals surface area contributed by atoms with Gasteiger partial charge in [-0.2, -0.15) is 25.3 Å². The van der Waals surface area contributed by atoms with Gasteiger partial charge in [-0.3, -0.25) is 13.7 Å². The molecule has 0 aliphatic carbocycles. The molecule has 0 saturated carbocycles. The smallest absolute Gasteiger partial charge is 0.282 e. The van der Waals surface area contributed by atoms with E-state index in [0.717, 1.165) is 24.3 Å². The van der Waals surface area contributed by atoms with E-state index in [1.54, 1.807) is 0 Å². The Bertz CT molecular complexity index is 1070. The first-order valence-electron chi connectivity index (χ1n) is 5.31. The van der Waals surface area contributed by atoms with E-state index >= 15 is 0 Å². The van der Waals surface area contributed by atoms with E-state index in [9.17, 15) is 29.8 Å². The van der Waals surface area contributed by atoms with Crippen LogP contribution >= 0.6 is 0 Å². The summed E-state index contributed by atoms with van der Waals surface area (Å²) in [7, 11) is -14.8. The molecule has 2 aromatic carbocycles. The van der Waals surface area contributed by atoms with Crippen LogP contribution in [0.1, 0.15) is 0 Å². The fourth-order valence-electron chi connectivity index (χ4n) is 1.88. The molecule has 0 bridgehead atoms. The first kappa shape index (κ1) is 16.8. The first-order valence-corrected chi connectivity index (χ1v) is 9.63. The lowest BCUT2D eigenvalue weighted by Gasteiger charge is -2.09. The van der Waals surface area contributed by atoms with Crippen LogP contribution in [0, 0.1) is 0 Å². The van der Waals surface area contributed by atoms with Crippen LogP contribution in [0.4, 0.5) is 0 Å². The van der Waals surface area contributed by atoms with E-state index in [-0.39, 0.29) is 5.39 Å². The highest BCUT2D eigenvalue weighted by molar-refractivity contribution is 7.89. The predicted molar refractivity (Wildman–Crippen MR) is 73.4 cm³/mol. The van der Waals surface area contributed by atoms with Gasteiger partial charge in [-0.1, -0.05) is 12.1 Å². The summed E-state index contributed by atoms with van der Waals surface area (Å²) in [5.74, 6) is 0. The summed E-state index contributed by atoms with van der Waals surface area (Å²) in [6, 6.07) is 4.57. The summed E-state index contributed by atoms with van der Waals surface area (Å²) in [6.45, 7) is 0. The third kappa shape index (κ3) is 3.11. The Hall–Kier alpha value is -1.57. The maximum atomic E-state index is 11.4. The number of benzene rings is 2. The van der Waals surface area contributed by atoms with E-state index < -0.39 is 50.4 Å². The third-order valence-electron chi connectivity index (χ3n) is 2.74. The molecular formula is C10H8O9S3. The van der Waals surface area contributed by atoms with Crippen molar-refractivity contribution in [2.45, 2.75) is 14.7 Å². The maximum absolute atomic E-state index is 11.4. The lowest BCUT2D eigenvalue weighted by molar-refractivity contribution is 0.467. The Kier molecular flexibility index (Phi) is 3.80. The minimum atomic E-state index is -5.12. The highest BCUT2D eigenvalue weighted by atomic mass is 32.2. The molecule has 0 amide bonds. The number of fused-ring (bicyclic) bond motifs is 1. The van der Waals surface area contributed by atoms with Crippen LogP contribution < -0.4 is 0 Å². The van der Waals surface area contributed by atoms with Crippen LogP contribution in [-0.4, -0.2) is 38.9 Å². The van der Waals surface area contributed by atoms with Crippen molar-refractivity contribution in [2.24, 2.45) is 0 Å². The molecule has 3 N–H and O–H groups in total. The van der Waals surface area contributed by atoms with E-state index in [1.807, 2.05) is 0 Å². The highest BCUT2D eigenvalue weighted by Crippen LogP contribution is 2.31. The molecule has 2 rings (SSSR count). The molecule has 0 heterocycles. The minimum Gasteiger partial charge on any atom is -0.282 e. The van der Waals surface area contributed by atoms with Gasteiger partial charge in [0.1, 0.15) is 9.79 Å². The monoisotopic (exact) mass is 368 g/mol. The summed E-state index contributed by atoms with van der Waals surface area (Å²) in [6.07, 6.45) is 0. The maximum Gasteiger partial charge on any atom is 0.296 e. The van der Waals surface area contributed by atoms with Crippen LogP contribution in [0.3, 0.4) is 0 Å². The summed E-state index contributed by atoms with van der Waals surface area (Å²) in [5, 5.41) is -0.430. The van der Waals surface area contributed by atoms with Gasteiger partial charge in [0, 0.05) is 5.39 Å². The zero-order chi connectivity index (χ0) is 16.9. The largest absolute Gasteiger partial charge is 0.296 e. The lowest BCUT2D eigenvalue weighted by Crippen LogP contribution is -2.09. The van der Waals surface area contributed by atoms with Crippen molar-refractivity contribution in [2.75, 3.05) is 0 Å². The fourth-order valence-corrected chi connectivity index (χ4v) is 4.38. The minimum absolute atomic E-state index is 0.0624. The third-order valence-corrected chi connectivity index (χ3v) is 5.57. The normalized spacial score (nSPS) is 13.4. The van der Waals surface area contributed by atoms with Crippen molar-refractivity contribution < 1.29 is 38.9 Å². The second-order valence-corrected chi connectivity index (χ2v) is 8.37. The summed E-state index contributed by atoms with van der Waals surface area (Å²) in [5.41, 5.74) is 0. The Morgan fingerprint density at radius 2 is 1.23 bits per heavy atom. The van der Waals surface area contributed by atoms with E-state index in [1.165, 1.54) is 0 Å². The molecule has 0 saturated heterocycles. The van der Waals surface area contributed by atoms with Gasteiger partial charge in [-0.25, -0.2) is 0 Å². The molecule has 9 nitrogen and oxygen atoms in total. The molecule has 22 heavy (non-hydrogen) atoms. The predicted octanol–water partition coefficient (Wildman–Crippen LogP) is 0.580. The van der Waals surface area contributed by atoms with Crippen molar-refractivity contribution in [1.29, 1.82) is 0 Å². The van der Waals surface area contributed by atoms with Gasteiger partial charge in [0.05, 0.1) is 4.90 Å². The van der Waals surface area contributed by atoms with Gasteiger partial charge < -0.3 is 0 Å². The highest BCUT2D eigenvalue weighted by Gasteiger charge is 2.27. The molecule has 0 aliphatic rings. The van der Waals surface area contributed by atoms with Crippen LogP contribution in [-0.2, 0) is 30.4 Å². The number of rotatable bonds is 3. The van der Waals surface area contributed by atoms with Crippen molar-refractivity contribution in [1.82, 2.24) is 0 Å². The second kappa shape index (κ2) is 4.97. The van der Waals surface area contributed by atoms with Gasteiger partial charge in [0.15, 0.2) is 0 Å². The lowest BCUT2D eigenvalue weighted by atomic mass is 10.1. The molecule has 2 aromatic rings. The van der Waals surface area contributed by atoms with Gasteiger partial charge in [0.25, 0.3) is 30.4 Å². The van der Waals surface area contributed by atoms with Gasteiger partial charge in [-0.15, -0.1) is 0 Å². The zero-order valence-corrected chi connectivity index (χ0v) is 12.9. The van der Waals surface area contributed by atoms with Crippen molar-refractivity contribution in [3.05, 3.63) is 30.3 Å². The van der Waals surface area contributed by atoms with Crippen LogP contribution in [0.15, 0.2) is 45.0 Å². The first-order chi connectivity index (χ1) is 9.82. The van der Waals surface area contributed by atoms with Crippen molar-refractivity contribution in [3.63, 3.8) is 0 Å². The van der Waals surface area contributed by atoms with Crippen molar-refractivity contribution in [3.8, 4) is 0 Å². The Labute approximate surface area is 125 Å². The Balaban J connectivity index is 3.11. The van der Waals surface area contributed by atoms with Gasteiger partial charge in [0.2, 0.25) is 0 Å². The number of hydrogen-bond acceptors (Lipinski definition) is 6. The number of hydrogen-bond donors (Lipinski definition) is 3. The SMILES string of the molecule is O=S(=O)(O)c1ccc2ccc(S(=O)(=O)O)c(S(=O)(=O)O)c2c1. The molecule has 0 radical (unpaired) electrons. The van der Waals surface area contributed by atoms with Crippen LogP contribution in [0.25, 0.3) is 10.8 Å². The second-order valence-electron chi connectivity index (χ2n) is 4.20. The molecule has 0 atom stereocenters. The standard InChI is InChI=1S/C10H8O9S3/c11-20(12,13)7-3-1-6-2-4-9(21(14,15)16)10(8(6)5-7)22(17,18)19/h1-5H,(H,11,12,13)(H,14,15,16)(H,17,18,19). The molecule has 0 aromatic heterocycles. The molecule has 120 valence electrons. The van der Waals surface area contributed by atoms with Gasteiger partial charge in [-0.05, 0) is 23.6 Å². The zero-order valence-electron chi connectivity index (χ0n) is 10.4. The van der Waals surface area contributed by atoms with E-state index in [4.69, 9.17) is 9.11 Å². The van der Waals surface area contributed by atoms with Crippen LogP contribution in [0.2, 0.25) is 0 Å². The summed E-state index contributed by atoms with van der Waals surface area (Å²) >= 11 is 0. The molecule has 12 heteroatoms. The average Bonchev–Trinajstić information content (AvgIpc) is 2.33. The molecule has 0 unspecified atom stereocenters. The molecule has 0 fully saturated rings. The van der Waals surface area contributed by atoms with Crippen molar-refractivity contribution >= 4 is 41.1 Å². The average molecular weight is 368 g/mol. The Morgan fingerprint density at radius 1 is 0.682 bits per heavy atom. The topological polar surface area (TPSA) is 163 Å². The molecule has 0 aliphatic heterocycles.